The predicted octanol–water partition coefficient (Wildman–Crippen LogP) is 2.80. The van der Waals surface area contributed by atoms with Crippen LogP contribution in [0.1, 0.15) is 12.0 Å². The molecule has 0 spiro atoms. The third-order valence-corrected chi connectivity index (χ3v) is 6.95. The van der Waals surface area contributed by atoms with Crippen LogP contribution in [0.15, 0.2) is 59.5 Å². The van der Waals surface area contributed by atoms with Gasteiger partial charge < -0.3 is 15.2 Å². The van der Waals surface area contributed by atoms with Crippen molar-refractivity contribution in [3.63, 3.8) is 0 Å². The molecule has 0 aliphatic carbocycles. The number of ether oxygens (including phenoxy) is 1. The predicted molar refractivity (Wildman–Crippen MR) is 118 cm³/mol. The first-order valence-electron chi connectivity index (χ1n) is 9.61. The smallest absolute Gasteiger partial charge is 0.241 e. The second kappa shape index (κ2) is 10.7. The van der Waals surface area contributed by atoms with Crippen molar-refractivity contribution in [1.82, 2.24) is 10.0 Å². The molecule has 0 unspecified atom stereocenters. The van der Waals surface area contributed by atoms with Crippen LogP contribution in [-0.4, -0.2) is 44.3 Å². The first-order chi connectivity index (χ1) is 15.2. The van der Waals surface area contributed by atoms with Gasteiger partial charge in [0.25, 0.3) is 0 Å². The topological polar surface area (TPSA) is 105 Å². The second-order valence-corrected chi connectivity index (χ2v) is 9.64. The lowest BCUT2D eigenvalue weighted by Crippen LogP contribution is -2.49. The molecular weight excluding hydrogens is 482 g/mol. The van der Waals surface area contributed by atoms with Crippen molar-refractivity contribution in [3.05, 3.63) is 76.0 Å². The van der Waals surface area contributed by atoms with E-state index in [-0.39, 0.29) is 23.8 Å². The minimum Gasteiger partial charge on any atom is -0.394 e. The van der Waals surface area contributed by atoms with Gasteiger partial charge in [-0.25, -0.2) is 17.5 Å². The zero-order valence-electron chi connectivity index (χ0n) is 16.7. The Morgan fingerprint density at radius 2 is 1.81 bits per heavy atom. The Kier molecular flexibility index (Phi) is 8.26. The van der Waals surface area contributed by atoms with Crippen molar-refractivity contribution < 1.29 is 27.4 Å². The second-order valence-electron chi connectivity index (χ2n) is 7.11. The van der Waals surface area contributed by atoms with E-state index in [1.165, 1.54) is 6.08 Å². The number of amides is 1. The molecule has 0 bridgehead atoms. The van der Waals surface area contributed by atoms with Crippen LogP contribution in [-0.2, 0) is 26.1 Å². The summed E-state index contributed by atoms with van der Waals surface area (Å²) in [6.45, 7) is -0.224. The summed E-state index contributed by atoms with van der Waals surface area (Å²) in [7, 11) is -3.96. The van der Waals surface area contributed by atoms with Gasteiger partial charge in [0.05, 0.1) is 40.1 Å². The van der Waals surface area contributed by atoms with Gasteiger partial charge in [-0.05, 0) is 42.0 Å². The van der Waals surface area contributed by atoms with Crippen LogP contribution in [0.2, 0.25) is 10.0 Å². The Balaban J connectivity index is 1.57. The lowest BCUT2D eigenvalue weighted by Gasteiger charge is -2.31. The Labute approximate surface area is 195 Å². The molecule has 1 aliphatic heterocycles. The summed E-state index contributed by atoms with van der Waals surface area (Å²) in [5, 5.41) is 13.2. The van der Waals surface area contributed by atoms with Crippen LogP contribution in [0.4, 0.5) is 4.39 Å². The number of carbonyl (C=O) groups is 1. The maximum Gasteiger partial charge on any atom is 0.241 e. The number of halogens is 3. The van der Waals surface area contributed by atoms with Crippen molar-refractivity contribution in [1.29, 1.82) is 0 Å². The Hall–Kier alpha value is -2.01. The van der Waals surface area contributed by atoms with E-state index in [1.807, 2.05) is 0 Å². The normalized spacial score (nSPS) is 20.8. The van der Waals surface area contributed by atoms with E-state index in [1.54, 1.807) is 24.3 Å². The van der Waals surface area contributed by atoms with E-state index >= 15 is 0 Å². The molecule has 0 saturated carbocycles. The zero-order valence-corrected chi connectivity index (χ0v) is 19.0. The maximum atomic E-state index is 13.1. The number of rotatable bonds is 8. The molecular formula is C21H21Cl2FN2O5S. The lowest BCUT2D eigenvalue weighted by atomic mass is 10.1. The number of hydrogen-bond acceptors (Lipinski definition) is 5. The Bertz CT molecular complexity index is 1100. The lowest BCUT2D eigenvalue weighted by molar-refractivity contribution is -0.125. The highest BCUT2D eigenvalue weighted by Crippen LogP contribution is 2.23. The van der Waals surface area contributed by atoms with Gasteiger partial charge in [0, 0.05) is 6.54 Å². The number of carbonyl (C=O) groups excluding carboxylic acids is 1. The Morgan fingerprint density at radius 3 is 2.47 bits per heavy atom. The maximum absolute atomic E-state index is 13.1. The van der Waals surface area contributed by atoms with Gasteiger partial charge in [-0.15, -0.1) is 0 Å². The fourth-order valence-electron chi connectivity index (χ4n) is 3.08. The summed E-state index contributed by atoms with van der Waals surface area (Å²) < 4.78 is 46.2. The summed E-state index contributed by atoms with van der Waals surface area (Å²) in [6, 6.07) is 8.53. The van der Waals surface area contributed by atoms with Gasteiger partial charge >= 0.3 is 0 Å². The molecule has 3 rings (SSSR count). The van der Waals surface area contributed by atoms with Gasteiger partial charge in [0.15, 0.2) is 0 Å². The minimum absolute atomic E-state index is 0.0221. The van der Waals surface area contributed by atoms with Crippen molar-refractivity contribution in [2.45, 2.75) is 36.1 Å². The van der Waals surface area contributed by atoms with Gasteiger partial charge in [-0.2, -0.15) is 0 Å². The zero-order chi connectivity index (χ0) is 23.3. The highest BCUT2D eigenvalue weighted by Gasteiger charge is 2.31. The molecule has 0 radical (unpaired) electrons. The molecule has 1 aliphatic rings. The number of sulfonamides is 1. The molecule has 32 heavy (non-hydrogen) atoms. The van der Waals surface area contributed by atoms with E-state index in [0.717, 1.165) is 29.8 Å². The van der Waals surface area contributed by atoms with Gasteiger partial charge in [0.2, 0.25) is 15.9 Å². The van der Waals surface area contributed by atoms with Crippen LogP contribution in [0.25, 0.3) is 0 Å². The van der Waals surface area contributed by atoms with E-state index in [2.05, 4.69) is 10.0 Å². The van der Waals surface area contributed by atoms with Crippen LogP contribution in [0.5, 0.6) is 0 Å². The number of benzene rings is 2. The van der Waals surface area contributed by atoms with Gasteiger partial charge in [-0.1, -0.05) is 41.4 Å². The number of aliphatic hydroxyl groups excluding tert-OH is 1. The number of aliphatic hydroxyl groups is 1. The van der Waals surface area contributed by atoms with E-state index in [0.29, 0.717) is 10.0 Å². The highest BCUT2D eigenvalue weighted by atomic mass is 35.5. The SMILES string of the molecule is O=C(C[C@H]1C=C[C@H](NS(=O)(=O)c2ccc(F)cc2)[C@@H](CO)O1)NCc1ccc(Cl)c(Cl)c1. The molecule has 0 fully saturated rings. The van der Waals surface area contributed by atoms with E-state index in [9.17, 15) is 22.7 Å². The fraction of sp³-hybridized carbons (Fsp3) is 0.286. The van der Waals surface area contributed by atoms with Crippen molar-refractivity contribution in [2.24, 2.45) is 0 Å². The van der Waals surface area contributed by atoms with Crippen LogP contribution in [0.3, 0.4) is 0 Å². The van der Waals surface area contributed by atoms with Gasteiger partial charge in [0.1, 0.15) is 11.9 Å². The van der Waals surface area contributed by atoms with Crippen molar-refractivity contribution in [2.75, 3.05) is 6.61 Å². The molecule has 11 heteroatoms. The average molecular weight is 503 g/mol. The highest BCUT2D eigenvalue weighted by molar-refractivity contribution is 7.89. The summed E-state index contributed by atoms with van der Waals surface area (Å²) in [5.74, 6) is -0.855. The quantitative estimate of drug-likeness (QED) is 0.481. The number of nitrogens with one attached hydrogen (secondary N) is 2. The van der Waals surface area contributed by atoms with Crippen LogP contribution >= 0.6 is 23.2 Å². The molecule has 1 heterocycles. The third-order valence-electron chi connectivity index (χ3n) is 4.74. The van der Waals surface area contributed by atoms with Crippen LogP contribution in [0, 0.1) is 5.82 Å². The largest absolute Gasteiger partial charge is 0.394 e. The summed E-state index contributed by atoms with van der Waals surface area (Å²) in [5.41, 5.74) is 0.774. The van der Waals surface area contributed by atoms with Crippen LogP contribution < -0.4 is 10.0 Å². The molecule has 0 aromatic heterocycles. The monoisotopic (exact) mass is 502 g/mol. The first-order valence-corrected chi connectivity index (χ1v) is 11.8. The van der Waals surface area contributed by atoms with E-state index in [4.69, 9.17) is 27.9 Å². The Morgan fingerprint density at radius 1 is 1.09 bits per heavy atom. The summed E-state index contributed by atoms with van der Waals surface area (Å²) in [6.07, 6.45) is 1.52. The molecule has 2 aromatic carbocycles. The summed E-state index contributed by atoms with van der Waals surface area (Å²) >= 11 is 11.8. The average Bonchev–Trinajstić information content (AvgIpc) is 2.75. The molecule has 7 nitrogen and oxygen atoms in total. The van der Waals surface area contributed by atoms with Crippen molar-refractivity contribution in [3.8, 4) is 0 Å². The standard InChI is InChI=1S/C21H21Cl2FN2O5S/c22-17-7-1-13(9-18(17)23)11-25-21(28)10-15-4-8-19(20(12-27)31-15)26-32(29,30)16-5-2-14(24)3-6-16/h1-9,15,19-20,26-27H,10-12H2,(H,25,28)/t15-,19+,20-/m1/s1. The number of hydrogen-bond donors (Lipinski definition) is 3. The fourth-order valence-corrected chi connectivity index (χ4v) is 4.62. The van der Waals surface area contributed by atoms with Gasteiger partial charge in [-0.3, -0.25) is 4.79 Å². The van der Waals surface area contributed by atoms with E-state index < -0.39 is 40.7 Å². The summed E-state index contributed by atoms with van der Waals surface area (Å²) in [4.78, 5) is 12.1. The third kappa shape index (κ3) is 6.50. The molecule has 1 amide bonds. The molecule has 3 atom stereocenters. The molecule has 0 saturated heterocycles. The molecule has 172 valence electrons. The molecule has 2 aromatic rings. The first kappa shape index (κ1) is 24.6. The minimum atomic E-state index is -3.96. The van der Waals surface area contributed by atoms with Crippen molar-refractivity contribution >= 4 is 39.1 Å². The molecule has 3 N–H and O–H groups in total.